The van der Waals surface area contributed by atoms with Crippen LogP contribution in [0.15, 0.2) is 89.3 Å². The number of benzene rings is 3. The average Bonchev–Trinajstić information content (AvgIpc) is 3.11. The number of hydrogen-bond donors (Lipinski definition) is 1. The molecule has 4 rings (SSSR count). The van der Waals surface area contributed by atoms with E-state index in [4.69, 9.17) is 4.42 Å². The molecule has 0 aliphatic heterocycles. The molecule has 1 amide bonds. The van der Waals surface area contributed by atoms with Crippen LogP contribution >= 0.6 is 0 Å². The summed E-state index contributed by atoms with van der Waals surface area (Å²) in [6.45, 7) is 0. The normalized spacial score (nSPS) is 12.0. The molecule has 3 nitrogen and oxygen atoms in total. The Morgan fingerprint density at radius 3 is 2.35 bits per heavy atom. The molecule has 1 heterocycles. The molecular weight excluding hydrogens is 329 g/mol. The zero-order valence-electron chi connectivity index (χ0n) is 13.9. The Labute approximate surface area is 150 Å². The third kappa shape index (κ3) is 3.09. The molecule has 0 aliphatic rings. The van der Waals surface area contributed by atoms with Gasteiger partial charge in [-0.3, -0.25) is 4.79 Å². The number of carbonyl (C=O) groups excluding carboxylic acids is 1. The number of amides is 1. The zero-order chi connectivity index (χ0) is 17.9. The van der Waals surface area contributed by atoms with Crippen LogP contribution in [0.3, 0.4) is 0 Å². The lowest BCUT2D eigenvalue weighted by Crippen LogP contribution is -2.29. The molecule has 0 fully saturated rings. The van der Waals surface area contributed by atoms with E-state index in [-0.39, 0.29) is 5.56 Å². The van der Waals surface area contributed by atoms with Crippen molar-refractivity contribution in [3.05, 3.63) is 108 Å². The summed E-state index contributed by atoms with van der Waals surface area (Å²) in [5.74, 6) is -0.444. The van der Waals surface area contributed by atoms with E-state index in [0.717, 1.165) is 16.5 Å². The van der Waals surface area contributed by atoms with Crippen LogP contribution in [0.25, 0.3) is 11.0 Å². The molecule has 0 spiro atoms. The van der Waals surface area contributed by atoms with Crippen LogP contribution < -0.4 is 5.32 Å². The average molecular weight is 345 g/mol. The molecular formula is C22H16FNO2. The van der Waals surface area contributed by atoms with Gasteiger partial charge in [0.05, 0.1) is 5.56 Å². The minimum absolute atomic E-state index is 0.00421. The van der Waals surface area contributed by atoms with Crippen molar-refractivity contribution in [1.82, 2.24) is 5.32 Å². The highest BCUT2D eigenvalue weighted by Crippen LogP contribution is 2.28. The maximum Gasteiger partial charge on any atom is 0.255 e. The monoisotopic (exact) mass is 345 g/mol. The number of halogens is 1. The highest BCUT2D eigenvalue weighted by Gasteiger charge is 2.22. The van der Waals surface area contributed by atoms with Crippen molar-refractivity contribution in [2.45, 2.75) is 6.04 Å². The summed E-state index contributed by atoms with van der Waals surface area (Å²) >= 11 is 0. The van der Waals surface area contributed by atoms with Crippen molar-refractivity contribution in [3.8, 4) is 0 Å². The van der Waals surface area contributed by atoms with E-state index in [1.807, 2.05) is 60.7 Å². The van der Waals surface area contributed by atoms with Gasteiger partial charge in [-0.15, -0.1) is 0 Å². The molecule has 0 radical (unpaired) electrons. The fraction of sp³-hybridized carbons (Fsp3) is 0.0455. The first-order valence-electron chi connectivity index (χ1n) is 8.31. The first kappa shape index (κ1) is 16.1. The van der Waals surface area contributed by atoms with Gasteiger partial charge in [-0.25, -0.2) is 4.39 Å². The van der Waals surface area contributed by atoms with E-state index in [1.165, 1.54) is 12.1 Å². The number of fused-ring (bicyclic) bond motifs is 1. The van der Waals surface area contributed by atoms with Gasteiger partial charge in [0.25, 0.3) is 5.91 Å². The standard InChI is InChI=1S/C22H16FNO2/c23-18-12-6-5-11-17(18)22(25)24-21(15-8-2-1-3-9-15)20-14-16-10-4-7-13-19(16)26-20/h1-14,21H,(H,24,25)/t21-/m1/s1. The third-order valence-corrected chi connectivity index (χ3v) is 4.26. The largest absolute Gasteiger partial charge is 0.459 e. The molecule has 1 aromatic heterocycles. The Morgan fingerprint density at radius 2 is 1.58 bits per heavy atom. The number of nitrogens with one attached hydrogen (secondary N) is 1. The minimum atomic E-state index is -0.554. The summed E-state index contributed by atoms with van der Waals surface area (Å²) in [4.78, 5) is 12.6. The van der Waals surface area contributed by atoms with E-state index < -0.39 is 17.8 Å². The third-order valence-electron chi connectivity index (χ3n) is 4.26. The Balaban J connectivity index is 1.74. The van der Waals surface area contributed by atoms with Gasteiger partial charge in [-0.1, -0.05) is 60.7 Å². The molecule has 0 unspecified atom stereocenters. The van der Waals surface area contributed by atoms with Gasteiger partial charge in [0.1, 0.15) is 23.2 Å². The first-order valence-corrected chi connectivity index (χ1v) is 8.31. The highest BCUT2D eigenvalue weighted by atomic mass is 19.1. The van der Waals surface area contributed by atoms with Crippen molar-refractivity contribution in [1.29, 1.82) is 0 Å². The molecule has 1 N–H and O–H groups in total. The van der Waals surface area contributed by atoms with Crippen molar-refractivity contribution in [2.24, 2.45) is 0 Å². The van der Waals surface area contributed by atoms with Crippen LogP contribution in [0, 0.1) is 5.82 Å². The smallest absolute Gasteiger partial charge is 0.255 e. The van der Waals surface area contributed by atoms with Crippen LogP contribution in [-0.2, 0) is 0 Å². The number of carbonyl (C=O) groups is 1. The van der Waals surface area contributed by atoms with Gasteiger partial charge < -0.3 is 9.73 Å². The zero-order valence-corrected chi connectivity index (χ0v) is 13.9. The highest BCUT2D eigenvalue weighted by molar-refractivity contribution is 5.95. The molecule has 3 aromatic carbocycles. The predicted octanol–water partition coefficient (Wildman–Crippen LogP) is 5.09. The number of rotatable bonds is 4. The second kappa shape index (κ2) is 6.84. The quantitative estimate of drug-likeness (QED) is 0.560. The summed E-state index contributed by atoms with van der Waals surface area (Å²) in [5, 5.41) is 3.84. The Morgan fingerprint density at radius 1 is 0.885 bits per heavy atom. The van der Waals surface area contributed by atoms with E-state index in [1.54, 1.807) is 12.1 Å². The second-order valence-corrected chi connectivity index (χ2v) is 5.98. The summed E-state index contributed by atoms with van der Waals surface area (Å²) in [6.07, 6.45) is 0. The van der Waals surface area contributed by atoms with Crippen LogP contribution in [-0.4, -0.2) is 5.91 Å². The van der Waals surface area contributed by atoms with Crippen LogP contribution in [0.1, 0.15) is 27.7 Å². The number of para-hydroxylation sites is 1. The van der Waals surface area contributed by atoms with Gasteiger partial charge >= 0.3 is 0 Å². The van der Waals surface area contributed by atoms with Gasteiger partial charge in [0, 0.05) is 5.39 Å². The Hall–Kier alpha value is -3.40. The molecule has 1 atom stereocenters. The van der Waals surface area contributed by atoms with Crippen molar-refractivity contribution < 1.29 is 13.6 Å². The first-order chi connectivity index (χ1) is 12.7. The fourth-order valence-corrected chi connectivity index (χ4v) is 2.96. The molecule has 0 bridgehead atoms. The van der Waals surface area contributed by atoms with E-state index in [9.17, 15) is 9.18 Å². The number of hydrogen-bond acceptors (Lipinski definition) is 2. The molecule has 0 saturated heterocycles. The van der Waals surface area contributed by atoms with E-state index >= 15 is 0 Å². The molecule has 4 heteroatoms. The van der Waals surface area contributed by atoms with Gasteiger partial charge in [0.15, 0.2) is 0 Å². The Bertz CT molecular complexity index is 1020. The maximum absolute atomic E-state index is 14.0. The van der Waals surface area contributed by atoms with Crippen LogP contribution in [0.2, 0.25) is 0 Å². The molecule has 0 saturated carbocycles. The summed E-state index contributed by atoms with van der Waals surface area (Å²) in [6, 6.07) is 24.4. The van der Waals surface area contributed by atoms with E-state index in [0.29, 0.717) is 5.76 Å². The minimum Gasteiger partial charge on any atom is -0.459 e. The maximum atomic E-state index is 14.0. The van der Waals surface area contributed by atoms with Crippen molar-refractivity contribution >= 4 is 16.9 Å². The summed E-state index contributed by atoms with van der Waals surface area (Å²) < 4.78 is 19.9. The lowest BCUT2D eigenvalue weighted by molar-refractivity contribution is 0.0935. The van der Waals surface area contributed by atoms with Crippen LogP contribution in [0.4, 0.5) is 4.39 Å². The topological polar surface area (TPSA) is 42.2 Å². The summed E-state index contributed by atoms with van der Waals surface area (Å²) in [5.41, 5.74) is 1.60. The van der Waals surface area contributed by atoms with Crippen molar-refractivity contribution in [3.63, 3.8) is 0 Å². The molecule has 0 aliphatic carbocycles. The SMILES string of the molecule is O=C(N[C@H](c1ccccc1)c1cc2ccccc2o1)c1ccccc1F. The second-order valence-electron chi connectivity index (χ2n) is 5.98. The lowest BCUT2D eigenvalue weighted by atomic mass is 10.0. The Kier molecular flexibility index (Phi) is 4.23. The van der Waals surface area contributed by atoms with Gasteiger partial charge in [-0.05, 0) is 29.8 Å². The number of furan rings is 1. The molecule has 4 aromatic rings. The van der Waals surface area contributed by atoms with E-state index in [2.05, 4.69) is 5.32 Å². The lowest BCUT2D eigenvalue weighted by Gasteiger charge is -2.17. The fourth-order valence-electron chi connectivity index (χ4n) is 2.96. The summed E-state index contributed by atoms with van der Waals surface area (Å²) in [7, 11) is 0. The van der Waals surface area contributed by atoms with Gasteiger partial charge in [0.2, 0.25) is 0 Å². The van der Waals surface area contributed by atoms with Crippen LogP contribution in [0.5, 0.6) is 0 Å². The molecule has 26 heavy (non-hydrogen) atoms. The molecule has 128 valence electrons. The van der Waals surface area contributed by atoms with Crippen molar-refractivity contribution in [2.75, 3.05) is 0 Å². The predicted molar refractivity (Wildman–Crippen MR) is 98.4 cm³/mol. The van der Waals surface area contributed by atoms with Gasteiger partial charge in [-0.2, -0.15) is 0 Å².